The Hall–Kier alpha value is -3.28. The highest BCUT2D eigenvalue weighted by atomic mass is 16.5. The zero-order valence-corrected chi connectivity index (χ0v) is 16.8. The van der Waals surface area contributed by atoms with Crippen LogP contribution in [0, 0.1) is 6.92 Å². The summed E-state index contributed by atoms with van der Waals surface area (Å²) in [7, 11) is 4.68. The normalized spacial score (nSPS) is 10.8. The number of rotatable bonds is 5. The van der Waals surface area contributed by atoms with Crippen molar-refractivity contribution in [2.45, 2.75) is 13.8 Å². The maximum Gasteiger partial charge on any atom is 0.260 e. The molecular formula is C22H24N2O4. The Morgan fingerprint density at radius 2 is 1.71 bits per heavy atom. The molecule has 0 aliphatic heterocycles. The number of hydrogen-bond acceptors (Lipinski definition) is 4. The molecule has 0 aliphatic carbocycles. The number of methoxy groups -OCH3 is 2. The van der Waals surface area contributed by atoms with Crippen LogP contribution in [0.5, 0.6) is 11.5 Å². The molecule has 3 aromatic rings. The van der Waals surface area contributed by atoms with E-state index in [4.69, 9.17) is 9.47 Å². The van der Waals surface area contributed by atoms with Crippen molar-refractivity contribution < 1.29 is 14.3 Å². The third-order valence-corrected chi connectivity index (χ3v) is 4.79. The molecule has 0 saturated heterocycles. The minimum atomic E-state index is -0.203. The molecule has 0 bridgehead atoms. The summed E-state index contributed by atoms with van der Waals surface area (Å²) in [4.78, 5) is 27.8. The molecule has 0 radical (unpaired) electrons. The third-order valence-electron chi connectivity index (χ3n) is 4.79. The number of amides is 1. The SMILES string of the molecule is CCN(C(=O)c1cn(C)c(=O)c2cc(OC)c(OC)cc12)c1cccc(C)c1. The summed E-state index contributed by atoms with van der Waals surface area (Å²) in [6.45, 7) is 4.41. The van der Waals surface area contributed by atoms with Crippen molar-refractivity contribution in [3.05, 3.63) is 64.1 Å². The van der Waals surface area contributed by atoms with Crippen molar-refractivity contribution in [3.63, 3.8) is 0 Å². The summed E-state index contributed by atoms with van der Waals surface area (Å²) in [5.74, 6) is 0.736. The van der Waals surface area contributed by atoms with Crippen LogP contribution < -0.4 is 19.9 Å². The number of aryl methyl sites for hydroxylation is 2. The Labute approximate surface area is 163 Å². The van der Waals surface area contributed by atoms with Crippen molar-refractivity contribution in [1.29, 1.82) is 0 Å². The van der Waals surface area contributed by atoms with Gasteiger partial charge in [0.15, 0.2) is 11.5 Å². The number of pyridine rings is 1. The second-order valence-electron chi connectivity index (χ2n) is 6.60. The largest absolute Gasteiger partial charge is 0.493 e. The number of benzene rings is 2. The van der Waals surface area contributed by atoms with Crippen LogP contribution >= 0.6 is 0 Å². The number of anilines is 1. The van der Waals surface area contributed by atoms with Crippen LogP contribution in [0.3, 0.4) is 0 Å². The molecule has 1 amide bonds. The zero-order valence-electron chi connectivity index (χ0n) is 16.8. The Morgan fingerprint density at radius 3 is 2.29 bits per heavy atom. The smallest absolute Gasteiger partial charge is 0.260 e. The lowest BCUT2D eigenvalue weighted by Gasteiger charge is -2.23. The lowest BCUT2D eigenvalue weighted by atomic mass is 10.0. The van der Waals surface area contributed by atoms with E-state index in [-0.39, 0.29) is 11.5 Å². The van der Waals surface area contributed by atoms with Crippen molar-refractivity contribution in [3.8, 4) is 11.5 Å². The van der Waals surface area contributed by atoms with Gasteiger partial charge in [-0.05, 0) is 43.7 Å². The topological polar surface area (TPSA) is 60.8 Å². The van der Waals surface area contributed by atoms with Gasteiger partial charge < -0.3 is 18.9 Å². The number of hydrogen-bond donors (Lipinski definition) is 0. The molecule has 146 valence electrons. The van der Waals surface area contributed by atoms with Gasteiger partial charge in [0.2, 0.25) is 0 Å². The van der Waals surface area contributed by atoms with Crippen LogP contribution in [0.25, 0.3) is 10.8 Å². The van der Waals surface area contributed by atoms with Crippen LogP contribution in [0.2, 0.25) is 0 Å². The number of carbonyl (C=O) groups excluding carboxylic acids is 1. The monoisotopic (exact) mass is 380 g/mol. The first kappa shape index (κ1) is 19.5. The predicted molar refractivity (Wildman–Crippen MR) is 111 cm³/mol. The number of carbonyl (C=O) groups is 1. The first-order chi connectivity index (χ1) is 13.4. The van der Waals surface area contributed by atoms with E-state index in [2.05, 4.69) is 0 Å². The van der Waals surface area contributed by atoms with Gasteiger partial charge in [-0.2, -0.15) is 0 Å². The molecule has 28 heavy (non-hydrogen) atoms. The van der Waals surface area contributed by atoms with Gasteiger partial charge in [0.05, 0.1) is 25.2 Å². The van der Waals surface area contributed by atoms with Crippen LogP contribution in [0.15, 0.2) is 47.4 Å². The summed E-state index contributed by atoms with van der Waals surface area (Å²) in [6.07, 6.45) is 1.58. The minimum absolute atomic E-state index is 0.180. The lowest BCUT2D eigenvalue weighted by molar-refractivity contribution is 0.0989. The van der Waals surface area contributed by atoms with Crippen molar-refractivity contribution >= 4 is 22.4 Å². The first-order valence-electron chi connectivity index (χ1n) is 9.05. The molecule has 2 aromatic carbocycles. The molecule has 1 aromatic heterocycles. The van der Waals surface area contributed by atoms with E-state index in [1.807, 2.05) is 38.1 Å². The van der Waals surface area contributed by atoms with Crippen molar-refractivity contribution in [2.75, 3.05) is 25.7 Å². The molecule has 0 spiro atoms. The first-order valence-corrected chi connectivity index (χ1v) is 9.05. The van der Waals surface area contributed by atoms with E-state index in [0.717, 1.165) is 11.3 Å². The third kappa shape index (κ3) is 3.33. The fraction of sp³-hybridized carbons (Fsp3) is 0.273. The van der Waals surface area contributed by atoms with Crippen LogP contribution in [-0.4, -0.2) is 31.2 Å². The Kier molecular flexibility index (Phi) is 5.40. The van der Waals surface area contributed by atoms with E-state index in [9.17, 15) is 9.59 Å². The molecule has 0 unspecified atom stereocenters. The van der Waals surface area contributed by atoms with Crippen LogP contribution in [0.4, 0.5) is 5.69 Å². The number of aromatic nitrogens is 1. The van der Waals surface area contributed by atoms with Gasteiger partial charge in [-0.25, -0.2) is 0 Å². The van der Waals surface area contributed by atoms with Crippen LogP contribution in [-0.2, 0) is 7.05 Å². The highest BCUT2D eigenvalue weighted by Crippen LogP contribution is 2.33. The predicted octanol–water partition coefficient (Wildman–Crippen LogP) is 3.53. The Morgan fingerprint density at radius 1 is 1.07 bits per heavy atom. The van der Waals surface area contributed by atoms with E-state index in [1.165, 1.54) is 18.8 Å². The maximum absolute atomic E-state index is 13.5. The minimum Gasteiger partial charge on any atom is -0.493 e. The van der Waals surface area contributed by atoms with E-state index in [0.29, 0.717) is 34.4 Å². The second kappa shape index (κ2) is 7.76. The molecule has 0 atom stereocenters. The van der Waals surface area contributed by atoms with Gasteiger partial charge in [-0.3, -0.25) is 9.59 Å². The molecule has 1 heterocycles. The van der Waals surface area contributed by atoms with E-state index < -0.39 is 0 Å². The molecule has 0 aliphatic rings. The zero-order chi connectivity index (χ0) is 20.4. The molecule has 3 rings (SSSR count). The molecule has 6 nitrogen and oxygen atoms in total. The molecule has 6 heteroatoms. The van der Waals surface area contributed by atoms with E-state index >= 15 is 0 Å². The quantitative estimate of drug-likeness (QED) is 0.679. The highest BCUT2D eigenvalue weighted by molar-refractivity contribution is 6.14. The average molecular weight is 380 g/mol. The standard InChI is InChI=1S/C22H24N2O4/c1-6-24(15-9-7-8-14(2)10-15)22(26)18-13-23(3)21(25)17-12-20(28-5)19(27-4)11-16(17)18/h7-13H,6H2,1-5H3. The van der Waals surface area contributed by atoms with E-state index in [1.54, 1.807) is 30.3 Å². The number of ether oxygens (including phenoxy) is 2. The second-order valence-corrected chi connectivity index (χ2v) is 6.60. The lowest BCUT2D eigenvalue weighted by Crippen LogP contribution is -2.32. The van der Waals surface area contributed by atoms with Gasteiger partial charge in [0.25, 0.3) is 11.5 Å². The van der Waals surface area contributed by atoms with Crippen molar-refractivity contribution in [2.24, 2.45) is 7.05 Å². The summed E-state index contributed by atoms with van der Waals surface area (Å²) >= 11 is 0. The van der Waals surface area contributed by atoms with Gasteiger partial charge in [0, 0.05) is 30.9 Å². The Bertz CT molecular complexity index is 1100. The van der Waals surface area contributed by atoms with Crippen molar-refractivity contribution in [1.82, 2.24) is 4.57 Å². The Balaban J connectivity index is 2.25. The van der Waals surface area contributed by atoms with Gasteiger partial charge in [0.1, 0.15) is 0 Å². The number of fused-ring (bicyclic) bond motifs is 1. The van der Waals surface area contributed by atoms with Crippen LogP contribution in [0.1, 0.15) is 22.8 Å². The van der Waals surface area contributed by atoms with Gasteiger partial charge in [-0.15, -0.1) is 0 Å². The maximum atomic E-state index is 13.5. The summed E-state index contributed by atoms with van der Waals surface area (Å²) in [5, 5.41) is 0.947. The molecular weight excluding hydrogens is 356 g/mol. The summed E-state index contributed by atoms with van der Waals surface area (Å²) in [6, 6.07) is 11.1. The summed E-state index contributed by atoms with van der Waals surface area (Å²) < 4.78 is 12.1. The molecule has 0 saturated carbocycles. The average Bonchev–Trinajstić information content (AvgIpc) is 2.70. The highest BCUT2D eigenvalue weighted by Gasteiger charge is 2.22. The number of nitrogens with zero attached hydrogens (tertiary/aromatic N) is 2. The fourth-order valence-corrected chi connectivity index (χ4v) is 3.35. The molecule has 0 fully saturated rings. The molecule has 0 N–H and O–H groups in total. The van der Waals surface area contributed by atoms with Gasteiger partial charge in [-0.1, -0.05) is 12.1 Å². The van der Waals surface area contributed by atoms with Gasteiger partial charge >= 0.3 is 0 Å². The summed E-state index contributed by atoms with van der Waals surface area (Å²) in [5.41, 5.74) is 2.11. The fourth-order valence-electron chi connectivity index (χ4n) is 3.35.